The van der Waals surface area contributed by atoms with Crippen molar-refractivity contribution in [1.82, 2.24) is 4.98 Å². The molecular weight excluding hydrogens is 302 g/mol. The predicted molar refractivity (Wildman–Crippen MR) is 64.0 cm³/mol. The van der Waals surface area contributed by atoms with Crippen LogP contribution in [-0.4, -0.2) is 30.9 Å². The number of hydrogen-bond donors (Lipinski definition) is 2. The lowest BCUT2D eigenvalue weighted by Crippen LogP contribution is -2.04. The number of hydrogen-bond acceptors (Lipinski definition) is 6. The number of rotatable bonds is 2. The molecule has 10 heteroatoms. The minimum absolute atomic E-state index is 0.0209. The summed E-state index contributed by atoms with van der Waals surface area (Å²) in [6, 6.07) is 1.77. The molecule has 0 saturated heterocycles. The van der Waals surface area contributed by atoms with Crippen molar-refractivity contribution in [2.24, 2.45) is 0 Å². The highest BCUT2D eigenvalue weighted by atomic mass is 32.2. The molecule has 98 valence electrons. The van der Waals surface area contributed by atoms with E-state index in [1.807, 2.05) is 0 Å². The maximum atomic E-state index is 11.2. The normalized spacial score (nSPS) is 13.1. The molecule has 2 aromatic rings. The monoisotopic (exact) mass is 309 g/mol. The molecule has 1 heterocycles. The van der Waals surface area contributed by atoms with Gasteiger partial charge >= 0.3 is 0 Å². The van der Waals surface area contributed by atoms with E-state index in [1.165, 1.54) is 0 Å². The molecule has 0 aliphatic heterocycles. The van der Waals surface area contributed by atoms with Crippen LogP contribution in [0.15, 0.2) is 21.9 Å². The Bertz CT molecular complexity index is 833. The van der Waals surface area contributed by atoms with Crippen molar-refractivity contribution < 1.29 is 25.9 Å². The van der Waals surface area contributed by atoms with Gasteiger partial charge in [0.05, 0.1) is 14.6 Å². The maximum absolute atomic E-state index is 11.2. The maximum Gasteiger partial charge on any atom is 0.296 e. The third-order valence-electron chi connectivity index (χ3n) is 2.12. The fourth-order valence-electron chi connectivity index (χ4n) is 1.43. The highest BCUT2D eigenvalue weighted by molar-refractivity contribution is 7.86. The quantitative estimate of drug-likeness (QED) is 0.796. The molecule has 0 fully saturated rings. The molecule has 0 aliphatic carbocycles. The molecule has 0 saturated carbocycles. The summed E-state index contributed by atoms with van der Waals surface area (Å²) in [5.41, 5.74) is -0.0209. The lowest BCUT2D eigenvalue weighted by Gasteiger charge is -2.01. The van der Waals surface area contributed by atoms with E-state index in [1.54, 1.807) is 6.92 Å². The fourth-order valence-corrected chi connectivity index (χ4v) is 3.75. The third-order valence-corrected chi connectivity index (χ3v) is 4.73. The second-order valence-electron chi connectivity index (χ2n) is 3.45. The van der Waals surface area contributed by atoms with Crippen LogP contribution >= 0.6 is 11.3 Å². The summed E-state index contributed by atoms with van der Waals surface area (Å²) in [7, 11) is -9.19. The summed E-state index contributed by atoms with van der Waals surface area (Å²) in [5.74, 6) is 0. The molecule has 2 N–H and O–H groups in total. The molecule has 18 heavy (non-hydrogen) atoms. The van der Waals surface area contributed by atoms with Gasteiger partial charge in [0.1, 0.15) is 10.4 Å². The molecule has 0 bridgehead atoms. The Kier molecular flexibility index (Phi) is 2.94. The fraction of sp³-hybridized carbons (Fsp3) is 0.125. The second-order valence-corrected chi connectivity index (χ2v) is 7.50. The summed E-state index contributed by atoms with van der Waals surface area (Å²) in [5, 5.41) is 0.502. The zero-order chi connectivity index (χ0) is 13.7. The van der Waals surface area contributed by atoms with Crippen LogP contribution in [-0.2, 0) is 20.2 Å². The highest BCUT2D eigenvalue weighted by Crippen LogP contribution is 2.30. The number of aromatic nitrogens is 1. The Hall–Kier alpha value is -1.07. The average Bonchev–Trinajstić information content (AvgIpc) is 2.52. The molecule has 0 atom stereocenters. The van der Waals surface area contributed by atoms with Gasteiger partial charge in [0.25, 0.3) is 20.2 Å². The van der Waals surface area contributed by atoms with E-state index in [-0.39, 0.29) is 10.2 Å². The van der Waals surface area contributed by atoms with E-state index in [9.17, 15) is 16.8 Å². The van der Waals surface area contributed by atoms with Crippen molar-refractivity contribution >= 4 is 41.8 Å². The van der Waals surface area contributed by atoms with E-state index in [0.717, 1.165) is 17.4 Å². The van der Waals surface area contributed by atoms with Gasteiger partial charge in [-0.15, -0.1) is 11.3 Å². The van der Waals surface area contributed by atoms with Crippen LogP contribution in [0.1, 0.15) is 5.01 Å². The van der Waals surface area contributed by atoms with Crippen LogP contribution in [0, 0.1) is 6.92 Å². The van der Waals surface area contributed by atoms with Crippen LogP contribution in [0.2, 0.25) is 0 Å². The number of benzene rings is 1. The van der Waals surface area contributed by atoms with Gasteiger partial charge < -0.3 is 0 Å². The summed E-state index contributed by atoms with van der Waals surface area (Å²) in [4.78, 5) is 2.66. The Morgan fingerprint density at radius 3 is 2.22 bits per heavy atom. The summed E-state index contributed by atoms with van der Waals surface area (Å²) in [6.07, 6.45) is 0. The van der Waals surface area contributed by atoms with Gasteiger partial charge in [0.15, 0.2) is 0 Å². The molecule has 0 amide bonds. The lowest BCUT2D eigenvalue weighted by atomic mass is 10.3. The van der Waals surface area contributed by atoms with Crippen molar-refractivity contribution in [3.05, 3.63) is 17.1 Å². The molecule has 1 aromatic carbocycles. The second kappa shape index (κ2) is 3.96. The molecule has 0 spiro atoms. The van der Waals surface area contributed by atoms with Crippen molar-refractivity contribution in [1.29, 1.82) is 0 Å². The van der Waals surface area contributed by atoms with Crippen molar-refractivity contribution in [2.75, 3.05) is 0 Å². The van der Waals surface area contributed by atoms with Gasteiger partial charge in [0.2, 0.25) is 0 Å². The van der Waals surface area contributed by atoms with Crippen LogP contribution in [0.5, 0.6) is 0 Å². The van der Waals surface area contributed by atoms with Crippen LogP contribution in [0.25, 0.3) is 10.2 Å². The van der Waals surface area contributed by atoms with Gasteiger partial charge in [-0.25, -0.2) is 4.98 Å². The van der Waals surface area contributed by atoms with Gasteiger partial charge in [-0.1, -0.05) is 0 Å². The molecule has 1 aromatic heterocycles. The highest BCUT2D eigenvalue weighted by Gasteiger charge is 2.22. The first-order valence-electron chi connectivity index (χ1n) is 4.45. The van der Waals surface area contributed by atoms with E-state index in [2.05, 4.69) is 4.98 Å². The molecular formula is C8H7NO6S3. The zero-order valence-electron chi connectivity index (χ0n) is 8.85. The van der Waals surface area contributed by atoms with Crippen LogP contribution < -0.4 is 0 Å². The topological polar surface area (TPSA) is 122 Å². The minimum atomic E-state index is -4.63. The molecule has 7 nitrogen and oxygen atoms in total. The molecule has 0 aliphatic rings. The van der Waals surface area contributed by atoms with Crippen molar-refractivity contribution in [2.45, 2.75) is 16.7 Å². The summed E-state index contributed by atoms with van der Waals surface area (Å²) < 4.78 is 62.6. The minimum Gasteiger partial charge on any atom is -0.282 e. The van der Waals surface area contributed by atoms with E-state index in [4.69, 9.17) is 9.11 Å². The first kappa shape index (κ1) is 13.4. The summed E-state index contributed by atoms with van der Waals surface area (Å²) in [6.45, 7) is 1.60. The molecule has 0 unspecified atom stereocenters. The molecule has 0 radical (unpaired) electrons. The Morgan fingerprint density at radius 1 is 1.11 bits per heavy atom. The number of thiazole rings is 1. The smallest absolute Gasteiger partial charge is 0.282 e. The Balaban J connectivity index is 2.99. The zero-order valence-corrected chi connectivity index (χ0v) is 11.3. The van der Waals surface area contributed by atoms with E-state index < -0.39 is 30.0 Å². The number of aryl methyl sites for hydroxylation is 1. The number of nitrogens with zero attached hydrogens (tertiary/aromatic N) is 1. The standard InChI is InChI=1S/C8H7NO6S3/c1-4-9-8-6(16-4)2-5(17(10,11)12)3-7(8)18(13,14)15/h2-3H,1H3,(H,10,11,12)(H,13,14,15). The largest absolute Gasteiger partial charge is 0.296 e. The summed E-state index contributed by atoms with van der Waals surface area (Å²) >= 11 is 1.05. The van der Waals surface area contributed by atoms with Gasteiger partial charge in [-0.2, -0.15) is 16.8 Å². The average molecular weight is 309 g/mol. The van der Waals surface area contributed by atoms with Crippen molar-refractivity contribution in [3.8, 4) is 0 Å². The first-order valence-corrected chi connectivity index (χ1v) is 8.15. The van der Waals surface area contributed by atoms with Gasteiger partial charge in [-0.05, 0) is 19.1 Å². The van der Waals surface area contributed by atoms with Crippen LogP contribution in [0.4, 0.5) is 0 Å². The lowest BCUT2D eigenvalue weighted by molar-refractivity contribution is 0.482. The predicted octanol–water partition coefficient (Wildman–Crippen LogP) is 1.10. The Labute approximate surface area is 107 Å². The van der Waals surface area contributed by atoms with E-state index in [0.29, 0.717) is 11.1 Å². The van der Waals surface area contributed by atoms with Gasteiger partial charge in [-0.3, -0.25) is 9.11 Å². The van der Waals surface area contributed by atoms with Crippen molar-refractivity contribution in [3.63, 3.8) is 0 Å². The van der Waals surface area contributed by atoms with E-state index >= 15 is 0 Å². The Morgan fingerprint density at radius 2 is 1.72 bits per heavy atom. The van der Waals surface area contributed by atoms with Gasteiger partial charge in [0, 0.05) is 0 Å². The third kappa shape index (κ3) is 2.37. The number of fused-ring (bicyclic) bond motifs is 1. The first-order chi connectivity index (χ1) is 8.09. The molecule has 2 rings (SSSR count). The SMILES string of the molecule is Cc1nc2c(S(=O)(=O)O)cc(S(=O)(=O)O)cc2s1. The van der Waals surface area contributed by atoms with Crippen LogP contribution in [0.3, 0.4) is 0 Å².